The summed E-state index contributed by atoms with van der Waals surface area (Å²) in [5.41, 5.74) is 1.77. The van der Waals surface area contributed by atoms with Gasteiger partial charge in [0, 0.05) is 24.1 Å². The van der Waals surface area contributed by atoms with E-state index in [1.54, 1.807) is 31.2 Å². The maximum absolute atomic E-state index is 15.0. The van der Waals surface area contributed by atoms with E-state index in [9.17, 15) is 13.6 Å². The minimum absolute atomic E-state index is 0.0430. The van der Waals surface area contributed by atoms with Gasteiger partial charge in [-0.1, -0.05) is 60.2 Å². The first kappa shape index (κ1) is 25.4. The number of aryl methyl sites for hydroxylation is 1. The standard InChI is InChI=1S/C28H31F2NO3/c1-4-33-27(32)20-31(3)19-18-26(22-8-6-5-7-9-22)34-25-16-14-24(15-17-25)28(29,30)23-12-10-21(2)11-13-23/h5-17,26H,4,18-20H2,1-3H3. The Morgan fingerprint density at radius 1 is 0.941 bits per heavy atom. The Labute approximate surface area is 200 Å². The van der Waals surface area contributed by atoms with Crippen LogP contribution in [0.1, 0.15) is 41.7 Å². The fourth-order valence-electron chi connectivity index (χ4n) is 3.64. The number of benzene rings is 3. The molecule has 1 atom stereocenters. The molecule has 34 heavy (non-hydrogen) atoms. The topological polar surface area (TPSA) is 38.8 Å². The predicted octanol–water partition coefficient (Wildman–Crippen LogP) is 6.14. The molecule has 0 aliphatic rings. The smallest absolute Gasteiger partial charge is 0.320 e. The normalized spacial score (nSPS) is 12.4. The van der Waals surface area contributed by atoms with Crippen LogP contribution < -0.4 is 4.74 Å². The molecule has 0 radical (unpaired) electrons. The summed E-state index contributed by atoms with van der Waals surface area (Å²) >= 11 is 0. The maximum Gasteiger partial charge on any atom is 0.320 e. The largest absolute Gasteiger partial charge is 0.486 e. The average Bonchev–Trinajstić information content (AvgIpc) is 2.83. The summed E-state index contributed by atoms with van der Waals surface area (Å²) < 4.78 is 41.1. The number of carbonyl (C=O) groups is 1. The van der Waals surface area contributed by atoms with E-state index in [4.69, 9.17) is 9.47 Å². The molecule has 0 heterocycles. The van der Waals surface area contributed by atoms with Crippen molar-refractivity contribution in [1.82, 2.24) is 4.90 Å². The van der Waals surface area contributed by atoms with Gasteiger partial charge in [0.15, 0.2) is 0 Å². The number of hydrogen-bond donors (Lipinski definition) is 0. The van der Waals surface area contributed by atoms with Gasteiger partial charge in [-0.2, -0.15) is 8.78 Å². The molecule has 0 saturated heterocycles. The van der Waals surface area contributed by atoms with Crippen LogP contribution in [0.5, 0.6) is 5.75 Å². The van der Waals surface area contributed by atoms with Gasteiger partial charge in [-0.15, -0.1) is 0 Å². The number of carbonyl (C=O) groups excluding carboxylic acids is 1. The van der Waals surface area contributed by atoms with Crippen LogP contribution in [0, 0.1) is 6.92 Å². The number of alkyl halides is 2. The minimum Gasteiger partial charge on any atom is -0.486 e. The van der Waals surface area contributed by atoms with Gasteiger partial charge in [0.2, 0.25) is 0 Å². The van der Waals surface area contributed by atoms with Gasteiger partial charge in [0.1, 0.15) is 11.9 Å². The second-order valence-corrected chi connectivity index (χ2v) is 8.31. The zero-order chi connectivity index (χ0) is 24.6. The molecule has 0 amide bonds. The summed E-state index contributed by atoms with van der Waals surface area (Å²) in [5.74, 6) is -2.86. The van der Waals surface area contributed by atoms with Crippen LogP contribution in [-0.2, 0) is 15.5 Å². The van der Waals surface area contributed by atoms with Crippen molar-refractivity contribution in [3.8, 4) is 5.75 Å². The molecule has 0 saturated carbocycles. The van der Waals surface area contributed by atoms with Gasteiger partial charge >= 0.3 is 5.97 Å². The number of esters is 1. The fraction of sp³-hybridized carbons (Fsp3) is 0.321. The Morgan fingerprint density at radius 3 is 2.12 bits per heavy atom. The molecule has 0 aliphatic heterocycles. The summed E-state index contributed by atoms with van der Waals surface area (Å²) in [6.07, 6.45) is 0.315. The van der Waals surface area contributed by atoms with Gasteiger partial charge in [0.25, 0.3) is 5.92 Å². The van der Waals surface area contributed by atoms with Crippen molar-refractivity contribution in [1.29, 1.82) is 0 Å². The van der Waals surface area contributed by atoms with Crippen molar-refractivity contribution in [2.75, 3.05) is 26.7 Å². The molecule has 180 valence electrons. The van der Waals surface area contributed by atoms with Crippen molar-refractivity contribution < 1.29 is 23.0 Å². The fourth-order valence-corrected chi connectivity index (χ4v) is 3.64. The van der Waals surface area contributed by atoms with E-state index in [1.807, 2.05) is 49.2 Å². The maximum atomic E-state index is 15.0. The molecule has 0 fully saturated rings. The molecule has 6 heteroatoms. The van der Waals surface area contributed by atoms with Crippen LogP contribution in [0.3, 0.4) is 0 Å². The van der Waals surface area contributed by atoms with Crippen LogP contribution in [0.4, 0.5) is 8.78 Å². The number of halogens is 2. The summed E-state index contributed by atoms with van der Waals surface area (Å²) in [6.45, 7) is 4.78. The molecule has 4 nitrogen and oxygen atoms in total. The third kappa shape index (κ3) is 6.87. The quantitative estimate of drug-likeness (QED) is 0.318. The van der Waals surface area contributed by atoms with Gasteiger partial charge in [-0.05, 0) is 50.7 Å². The summed E-state index contributed by atoms with van der Waals surface area (Å²) in [7, 11) is 1.85. The van der Waals surface area contributed by atoms with E-state index >= 15 is 0 Å². The zero-order valence-electron chi connectivity index (χ0n) is 19.8. The second kappa shape index (κ2) is 11.7. The highest BCUT2D eigenvalue weighted by Crippen LogP contribution is 2.37. The van der Waals surface area contributed by atoms with Crippen LogP contribution in [-0.4, -0.2) is 37.6 Å². The molecule has 3 aromatic carbocycles. The summed E-state index contributed by atoms with van der Waals surface area (Å²) in [4.78, 5) is 13.6. The van der Waals surface area contributed by atoms with E-state index in [-0.39, 0.29) is 29.7 Å². The second-order valence-electron chi connectivity index (χ2n) is 8.31. The average molecular weight is 468 g/mol. The van der Waals surface area contributed by atoms with Crippen LogP contribution >= 0.6 is 0 Å². The molecule has 3 aromatic rings. The summed E-state index contributed by atoms with van der Waals surface area (Å²) in [6, 6.07) is 22.0. The van der Waals surface area contributed by atoms with Crippen LogP contribution in [0.15, 0.2) is 78.9 Å². The SMILES string of the molecule is CCOC(=O)CN(C)CCC(Oc1ccc(C(F)(F)c2ccc(C)cc2)cc1)c1ccccc1. The molecule has 1 unspecified atom stereocenters. The van der Waals surface area contributed by atoms with Gasteiger partial charge in [0.05, 0.1) is 13.2 Å². The lowest BCUT2D eigenvalue weighted by Crippen LogP contribution is -2.29. The first-order valence-corrected chi connectivity index (χ1v) is 11.4. The lowest BCUT2D eigenvalue weighted by molar-refractivity contribution is -0.144. The predicted molar refractivity (Wildman–Crippen MR) is 129 cm³/mol. The first-order valence-electron chi connectivity index (χ1n) is 11.4. The van der Waals surface area contributed by atoms with Gasteiger partial charge < -0.3 is 9.47 Å². The molecule has 0 aliphatic carbocycles. The highest BCUT2D eigenvalue weighted by atomic mass is 19.3. The molecule has 0 spiro atoms. The molecule has 0 aromatic heterocycles. The number of ether oxygens (including phenoxy) is 2. The molecular weight excluding hydrogens is 436 g/mol. The van der Waals surface area contributed by atoms with Crippen LogP contribution in [0.2, 0.25) is 0 Å². The monoisotopic (exact) mass is 467 g/mol. The van der Waals surface area contributed by atoms with E-state index in [2.05, 4.69) is 0 Å². The lowest BCUT2D eigenvalue weighted by atomic mass is 9.99. The van der Waals surface area contributed by atoms with Crippen LogP contribution in [0.25, 0.3) is 0 Å². The van der Waals surface area contributed by atoms with E-state index < -0.39 is 5.92 Å². The highest BCUT2D eigenvalue weighted by molar-refractivity contribution is 5.71. The Kier molecular flexibility index (Phi) is 8.77. The van der Waals surface area contributed by atoms with Crippen molar-refractivity contribution in [3.63, 3.8) is 0 Å². The zero-order valence-corrected chi connectivity index (χ0v) is 19.8. The minimum atomic E-state index is -3.10. The number of rotatable bonds is 11. The molecule has 0 bridgehead atoms. The Morgan fingerprint density at radius 2 is 1.53 bits per heavy atom. The van der Waals surface area contributed by atoms with Crippen molar-refractivity contribution in [2.45, 2.75) is 32.3 Å². The molecule has 3 rings (SSSR count). The van der Waals surface area contributed by atoms with Crippen molar-refractivity contribution >= 4 is 5.97 Å². The Balaban J connectivity index is 1.71. The Bertz CT molecular complexity index is 1040. The third-order valence-electron chi connectivity index (χ3n) is 5.56. The number of likely N-dealkylation sites (N-methyl/N-ethyl adjacent to an activating group) is 1. The van der Waals surface area contributed by atoms with Gasteiger partial charge in [-0.25, -0.2) is 0 Å². The molecule has 0 N–H and O–H groups in total. The lowest BCUT2D eigenvalue weighted by Gasteiger charge is -2.23. The number of hydrogen-bond acceptors (Lipinski definition) is 4. The van der Waals surface area contributed by atoms with E-state index in [0.29, 0.717) is 25.3 Å². The van der Waals surface area contributed by atoms with E-state index in [1.165, 1.54) is 24.3 Å². The first-order chi connectivity index (χ1) is 16.3. The summed E-state index contributed by atoms with van der Waals surface area (Å²) in [5, 5.41) is 0. The van der Waals surface area contributed by atoms with Crippen molar-refractivity contribution in [2.24, 2.45) is 0 Å². The van der Waals surface area contributed by atoms with Crippen molar-refractivity contribution in [3.05, 3.63) is 101 Å². The van der Waals surface area contributed by atoms with Gasteiger partial charge in [-0.3, -0.25) is 9.69 Å². The van der Waals surface area contributed by atoms with E-state index in [0.717, 1.165) is 11.1 Å². The molecular formula is C28H31F2NO3. The Hall–Kier alpha value is -3.25. The highest BCUT2D eigenvalue weighted by Gasteiger charge is 2.33. The number of nitrogens with zero attached hydrogens (tertiary/aromatic N) is 1. The third-order valence-corrected chi connectivity index (χ3v) is 5.56.